The zero-order chi connectivity index (χ0) is 69.1. The number of benzene rings is 14. The molecule has 0 spiro atoms. The van der Waals surface area contributed by atoms with Crippen LogP contribution in [0.1, 0.15) is 135 Å². The predicted octanol–water partition coefficient (Wildman–Crippen LogP) is 26.4. The molecular weight excluding hydrogens is 1180 g/mol. The predicted molar refractivity (Wildman–Crippen MR) is 425 cm³/mol. The van der Waals surface area contributed by atoms with Gasteiger partial charge in [0.2, 0.25) is 0 Å². The Morgan fingerprint density at radius 2 is 0.663 bits per heavy atom. The van der Waals surface area contributed by atoms with Gasteiger partial charge in [0.05, 0.1) is 5.41 Å². The molecule has 98 heavy (non-hydrogen) atoms. The molecule has 0 aromatic heterocycles. The fourth-order valence-corrected chi connectivity index (χ4v) is 14.6. The van der Waals surface area contributed by atoms with E-state index in [9.17, 15) is 0 Å². The SMILES string of the molecule is Cc1cc(C)cc(C)c1.Cc1ccc(C(C)(C)C)cc1.Cc1ccc2c(c1)C(C)(C)c1ccccc1-2.Cc1ccc2c(c1)C(c1ccccc1)(c1ccccc1)c1ccccc1-2.Cc1ccc2c(c1)Cc1ccccc1-2.Cc1ccc2ccccc2c1.Cc1cccc2ccccc12. The summed E-state index contributed by atoms with van der Waals surface area (Å²) >= 11 is 0. The molecule has 0 heterocycles. The fourth-order valence-electron chi connectivity index (χ4n) is 14.6. The van der Waals surface area contributed by atoms with Gasteiger partial charge in [0.15, 0.2) is 0 Å². The molecule has 0 unspecified atom stereocenters. The second-order valence-electron chi connectivity index (χ2n) is 28.7. The summed E-state index contributed by atoms with van der Waals surface area (Å²) in [6.07, 6.45) is 1.10. The maximum Gasteiger partial charge on any atom is 0.0713 e. The van der Waals surface area contributed by atoms with Crippen molar-refractivity contribution >= 4 is 21.5 Å². The average molecular weight is 1270 g/mol. The maximum atomic E-state index is 2.37. The second-order valence-corrected chi connectivity index (χ2v) is 28.7. The summed E-state index contributed by atoms with van der Waals surface area (Å²) in [5, 5.41) is 5.33. The zero-order valence-corrected chi connectivity index (χ0v) is 60.2. The minimum Gasteiger partial charge on any atom is -0.0622 e. The lowest BCUT2D eigenvalue weighted by Gasteiger charge is -2.34. The summed E-state index contributed by atoms with van der Waals surface area (Å²) in [5.41, 5.74) is 33.3. The summed E-state index contributed by atoms with van der Waals surface area (Å²) in [6, 6.07) is 114. The third-order valence-corrected chi connectivity index (χ3v) is 19.5. The van der Waals surface area contributed by atoms with Crippen LogP contribution in [-0.2, 0) is 22.7 Å². The van der Waals surface area contributed by atoms with E-state index in [4.69, 9.17) is 0 Å². The van der Waals surface area contributed by atoms with E-state index in [1.54, 1.807) is 0 Å². The molecule has 0 atom stereocenters. The Labute approximate surface area is 586 Å². The molecule has 0 aliphatic heterocycles. The van der Waals surface area contributed by atoms with Crippen LogP contribution in [0.3, 0.4) is 0 Å². The first-order valence-corrected chi connectivity index (χ1v) is 34.9. The standard InChI is InChI=1S/C26H20.C16H16.C14H12.2C11H10.C11H16.C9H12/c1-19-16-17-23-22-14-8-9-15-24(22)26(25(23)18-19,20-10-4-2-5-11-20)21-12-6-3-7-13-21;1-11-8-9-13-12-6-4-5-7-14(12)16(2,3)15(13)10-11;1-10-6-7-14-12(8-10)9-11-4-2-3-5-13(11)14;1-9-5-4-7-10-6-2-3-8-11(9)10;1-9-6-7-10-4-2-3-5-11(10)8-9;1-9-5-7-10(8-6-9)11(2,3)4;1-7-4-8(2)6-9(3)5-7/h2-18H,1H3;4-10H,1-3H3;2-8H,9H2,1H3;2*2-8H,1H3;5-8H,1-4H3;4-6H,1-3H3. The lowest BCUT2D eigenvalue weighted by molar-refractivity contribution is 0.590. The van der Waals surface area contributed by atoms with Crippen molar-refractivity contribution < 1.29 is 0 Å². The summed E-state index contributed by atoms with van der Waals surface area (Å²) in [6.45, 7) is 30.6. The van der Waals surface area contributed by atoms with E-state index in [1.807, 2.05) is 0 Å². The first kappa shape index (κ1) is 69.0. The average Bonchev–Trinajstić information content (AvgIpc) is 1.50. The van der Waals surface area contributed by atoms with Crippen LogP contribution < -0.4 is 0 Å². The number of rotatable bonds is 2. The van der Waals surface area contributed by atoms with Gasteiger partial charge in [0.1, 0.15) is 0 Å². The lowest BCUT2D eigenvalue weighted by Crippen LogP contribution is -2.28. The van der Waals surface area contributed by atoms with Crippen molar-refractivity contribution in [1.82, 2.24) is 0 Å². The maximum absolute atomic E-state index is 2.37. The van der Waals surface area contributed by atoms with Crippen LogP contribution in [0.2, 0.25) is 0 Å². The molecule has 0 amide bonds. The molecule has 0 radical (unpaired) electrons. The Morgan fingerprint density at radius 1 is 0.255 bits per heavy atom. The Bertz CT molecular complexity index is 4930. The molecule has 488 valence electrons. The quantitative estimate of drug-likeness (QED) is 0.162. The third kappa shape index (κ3) is 15.5. The van der Waals surface area contributed by atoms with Gasteiger partial charge >= 0.3 is 0 Å². The molecule has 0 heteroatoms. The fraction of sp³-hybridized carbons (Fsp3) is 0.184. The van der Waals surface area contributed by atoms with Gasteiger partial charge in [-0.3, -0.25) is 0 Å². The highest BCUT2D eigenvalue weighted by atomic mass is 14.5. The van der Waals surface area contributed by atoms with Gasteiger partial charge in [-0.1, -0.05) is 395 Å². The van der Waals surface area contributed by atoms with Gasteiger partial charge in [0.25, 0.3) is 0 Å². The number of aryl methyl sites for hydroxylation is 9. The van der Waals surface area contributed by atoms with Crippen LogP contribution in [0.25, 0.3) is 54.9 Å². The molecule has 17 rings (SSSR count). The van der Waals surface area contributed by atoms with E-state index in [-0.39, 0.29) is 16.2 Å². The second kappa shape index (κ2) is 30.3. The Hall–Kier alpha value is -10.4. The van der Waals surface area contributed by atoms with Gasteiger partial charge < -0.3 is 0 Å². The van der Waals surface area contributed by atoms with Crippen LogP contribution in [0.15, 0.2) is 315 Å². The normalized spacial score (nSPS) is 12.5. The first-order valence-electron chi connectivity index (χ1n) is 34.9. The zero-order valence-electron chi connectivity index (χ0n) is 60.2. The molecule has 14 aromatic rings. The van der Waals surface area contributed by atoms with Gasteiger partial charge in [-0.2, -0.15) is 0 Å². The molecule has 3 aliphatic rings. The smallest absolute Gasteiger partial charge is 0.0622 e. The van der Waals surface area contributed by atoms with E-state index in [1.165, 1.54) is 155 Å². The van der Waals surface area contributed by atoms with Crippen LogP contribution in [0.4, 0.5) is 0 Å². The highest BCUT2D eigenvalue weighted by Crippen LogP contribution is 2.56. The van der Waals surface area contributed by atoms with Crippen molar-refractivity contribution in [1.29, 1.82) is 0 Å². The van der Waals surface area contributed by atoms with Crippen molar-refractivity contribution in [3.05, 3.63) is 416 Å². The van der Waals surface area contributed by atoms with Gasteiger partial charge in [-0.15, -0.1) is 0 Å². The van der Waals surface area contributed by atoms with E-state index in [2.05, 4.69) is 412 Å². The largest absolute Gasteiger partial charge is 0.0713 e. The molecule has 14 aromatic carbocycles. The van der Waals surface area contributed by atoms with E-state index >= 15 is 0 Å². The van der Waals surface area contributed by atoms with Gasteiger partial charge in [-0.05, 0) is 185 Å². The minimum absolute atomic E-state index is 0.151. The van der Waals surface area contributed by atoms with E-state index in [0.29, 0.717) is 0 Å². The lowest BCUT2D eigenvalue weighted by atomic mass is 9.67. The summed E-state index contributed by atoms with van der Waals surface area (Å²) < 4.78 is 0. The van der Waals surface area contributed by atoms with Crippen LogP contribution in [-0.4, -0.2) is 0 Å². The number of hydrogen-bond acceptors (Lipinski definition) is 0. The van der Waals surface area contributed by atoms with Crippen LogP contribution >= 0.6 is 0 Å². The highest BCUT2D eigenvalue weighted by molar-refractivity contribution is 5.88. The molecule has 0 saturated carbocycles. The first-order chi connectivity index (χ1) is 47.2. The summed E-state index contributed by atoms with van der Waals surface area (Å²) in [7, 11) is 0. The van der Waals surface area contributed by atoms with E-state index < -0.39 is 0 Å². The monoisotopic (exact) mass is 1270 g/mol. The Balaban J connectivity index is 0.000000120. The minimum atomic E-state index is -0.263. The molecule has 0 nitrogen and oxygen atoms in total. The molecule has 0 saturated heterocycles. The van der Waals surface area contributed by atoms with Crippen LogP contribution in [0, 0.1) is 62.3 Å². The summed E-state index contributed by atoms with van der Waals surface area (Å²) in [4.78, 5) is 0. The molecule has 3 aliphatic carbocycles. The van der Waals surface area contributed by atoms with Crippen molar-refractivity contribution in [3.8, 4) is 33.4 Å². The van der Waals surface area contributed by atoms with Crippen molar-refractivity contribution in [3.63, 3.8) is 0 Å². The Kier molecular flexibility index (Phi) is 21.4. The van der Waals surface area contributed by atoms with Crippen molar-refractivity contribution in [2.75, 3.05) is 0 Å². The van der Waals surface area contributed by atoms with Crippen molar-refractivity contribution in [2.45, 2.75) is 120 Å². The molecular formula is C98H96. The highest BCUT2D eigenvalue weighted by Gasteiger charge is 2.46. The molecule has 0 fully saturated rings. The Morgan fingerprint density at radius 3 is 1.26 bits per heavy atom. The van der Waals surface area contributed by atoms with Gasteiger partial charge in [0, 0.05) is 5.41 Å². The van der Waals surface area contributed by atoms with Crippen molar-refractivity contribution in [2.24, 2.45) is 0 Å². The van der Waals surface area contributed by atoms with Gasteiger partial charge in [-0.25, -0.2) is 0 Å². The molecule has 0 N–H and O–H groups in total. The van der Waals surface area contributed by atoms with E-state index in [0.717, 1.165) is 6.42 Å². The molecule has 0 bridgehead atoms. The topological polar surface area (TPSA) is 0 Å². The number of fused-ring (bicyclic) bond motifs is 11. The number of hydrogen-bond donors (Lipinski definition) is 0. The third-order valence-electron chi connectivity index (χ3n) is 19.5. The summed E-state index contributed by atoms with van der Waals surface area (Å²) in [5.74, 6) is 0. The van der Waals surface area contributed by atoms with Crippen LogP contribution in [0.5, 0.6) is 0 Å².